The number of piperazine rings is 1. The van der Waals surface area contributed by atoms with Gasteiger partial charge in [-0.2, -0.15) is 9.78 Å². The molecule has 1 unspecified atom stereocenters. The first-order valence-corrected chi connectivity index (χ1v) is 8.90. The first-order chi connectivity index (χ1) is 12.6. The Labute approximate surface area is 149 Å². The third-order valence-electron chi connectivity index (χ3n) is 5.42. The lowest BCUT2D eigenvalue weighted by Crippen LogP contribution is -2.51. The van der Waals surface area contributed by atoms with Crippen LogP contribution in [0.2, 0.25) is 0 Å². The van der Waals surface area contributed by atoms with Crippen LogP contribution in [-0.4, -0.2) is 56.7 Å². The van der Waals surface area contributed by atoms with E-state index in [4.69, 9.17) is 5.26 Å². The van der Waals surface area contributed by atoms with Gasteiger partial charge < -0.3 is 4.90 Å². The summed E-state index contributed by atoms with van der Waals surface area (Å²) >= 11 is 0. The monoisotopic (exact) mass is 351 g/mol. The number of hydrogen-bond donors (Lipinski definition) is 0. The standard InChI is InChI=1S/C18H18FN7/c1-11-21-17-14-7-12(9-20)8-15(19)16(14)22-18(26(17)23-11)25-6-5-24-4-2-3-13(24)10-25/h7-8,13H,2-6,10H2,1H3. The molecule has 5 rings (SSSR count). The molecule has 0 saturated carbocycles. The van der Waals surface area contributed by atoms with E-state index in [0.717, 1.165) is 26.2 Å². The molecule has 2 aliphatic heterocycles. The third-order valence-corrected chi connectivity index (χ3v) is 5.42. The predicted octanol–water partition coefficient (Wildman–Crippen LogP) is 1.88. The van der Waals surface area contributed by atoms with E-state index in [1.54, 1.807) is 10.6 Å². The zero-order chi connectivity index (χ0) is 17.8. The zero-order valence-corrected chi connectivity index (χ0v) is 14.5. The SMILES string of the molecule is Cc1nc2c3cc(C#N)cc(F)c3nc(N3CCN4CCCC4C3)n2n1. The van der Waals surface area contributed by atoms with Crippen molar-refractivity contribution in [3.05, 3.63) is 29.3 Å². The van der Waals surface area contributed by atoms with E-state index in [1.807, 2.05) is 13.0 Å². The van der Waals surface area contributed by atoms with Crippen LogP contribution >= 0.6 is 0 Å². The second-order valence-corrected chi connectivity index (χ2v) is 7.05. The minimum Gasteiger partial charge on any atom is -0.338 e. The summed E-state index contributed by atoms with van der Waals surface area (Å²) in [6.07, 6.45) is 2.41. The number of nitrogens with zero attached hydrogens (tertiary/aromatic N) is 7. The van der Waals surface area contributed by atoms with Gasteiger partial charge in [0.25, 0.3) is 0 Å². The molecule has 132 valence electrons. The summed E-state index contributed by atoms with van der Waals surface area (Å²) in [5.41, 5.74) is 1.05. The molecule has 0 amide bonds. The van der Waals surface area contributed by atoms with Gasteiger partial charge in [0, 0.05) is 31.1 Å². The summed E-state index contributed by atoms with van der Waals surface area (Å²) in [4.78, 5) is 13.8. The van der Waals surface area contributed by atoms with Crippen LogP contribution in [0, 0.1) is 24.1 Å². The van der Waals surface area contributed by atoms with Crippen LogP contribution in [0.4, 0.5) is 10.3 Å². The third kappa shape index (κ3) is 2.24. The fourth-order valence-corrected chi connectivity index (χ4v) is 4.20. The zero-order valence-electron chi connectivity index (χ0n) is 14.5. The van der Waals surface area contributed by atoms with Crippen molar-refractivity contribution in [2.45, 2.75) is 25.8 Å². The Kier molecular flexibility index (Phi) is 3.34. The molecular formula is C18H18FN7. The molecule has 1 aromatic carbocycles. The Morgan fingerprint density at radius 1 is 1.23 bits per heavy atom. The molecular weight excluding hydrogens is 333 g/mol. The molecule has 0 radical (unpaired) electrons. The number of benzene rings is 1. The van der Waals surface area contributed by atoms with E-state index in [2.05, 4.69) is 24.9 Å². The maximum Gasteiger partial charge on any atom is 0.229 e. The molecule has 1 atom stereocenters. The number of nitriles is 1. The molecule has 2 aliphatic rings. The highest BCUT2D eigenvalue weighted by Crippen LogP contribution is 2.29. The molecule has 8 heteroatoms. The number of anilines is 1. The van der Waals surface area contributed by atoms with E-state index in [0.29, 0.717) is 28.8 Å². The highest BCUT2D eigenvalue weighted by Gasteiger charge is 2.32. The normalized spacial score (nSPS) is 20.7. The fraction of sp³-hybridized carbons (Fsp3) is 0.444. The van der Waals surface area contributed by atoms with Gasteiger partial charge in [-0.3, -0.25) is 4.90 Å². The lowest BCUT2D eigenvalue weighted by atomic mass is 10.1. The van der Waals surface area contributed by atoms with E-state index in [1.165, 1.54) is 18.9 Å². The van der Waals surface area contributed by atoms with Gasteiger partial charge in [-0.05, 0) is 38.4 Å². The van der Waals surface area contributed by atoms with Crippen molar-refractivity contribution >= 4 is 22.5 Å². The van der Waals surface area contributed by atoms with Crippen molar-refractivity contribution < 1.29 is 4.39 Å². The van der Waals surface area contributed by atoms with Crippen LogP contribution in [0.1, 0.15) is 24.2 Å². The lowest BCUT2D eigenvalue weighted by Gasteiger charge is -2.37. The van der Waals surface area contributed by atoms with Crippen LogP contribution in [0.3, 0.4) is 0 Å². The lowest BCUT2D eigenvalue weighted by molar-refractivity contribution is 0.229. The van der Waals surface area contributed by atoms with E-state index in [9.17, 15) is 4.39 Å². The maximum atomic E-state index is 14.6. The summed E-state index contributed by atoms with van der Waals surface area (Å²) in [5, 5.41) is 14.2. The van der Waals surface area contributed by atoms with Crippen LogP contribution in [0.25, 0.3) is 16.6 Å². The van der Waals surface area contributed by atoms with Crippen LogP contribution < -0.4 is 4.90 Å². The molecule has 7 nitrogen and oxygen atoms in total. The summed E-state index contributed by atoms with van der Waals surface area (Å²) in [6, 6.07) is 5.38. The van der Waals surface area contributed by atoms with Crippen LogP contribution in [-0.2, 0) is 0 Å². The molecule has 2 aromatic heterocycles. The largest absolute Gasteiger partial charge is 0.338 e. The minimum atomic E-state index is -0.497. The molecule has 26 heavy (non-hydrogen) atoms. The van der Waals surface area contributed by atoms with E-state index >= 15 is 0 Å². The average Bonchev–Trinajstić information content (AvgIpc) is 3.26. The summed E-state index contributed by atoms with van der Waals surface area (Å²) in [5.74, 6) is 0.731. The topological polar surface area (TPSA) is 73.4 Å². The van der Waals surface area contributed by atoms with Gasteiger partial charge in [-0.1, -0.05) is 0 Å². The second-order valence-electron chi connectivity index (χ2n) is 7.05. The van der Waals surface area contributed by atoms with Gasteiger partial charge in [0.1, 0.15) is 11.3 Å². The van der Waals surface area contributed by atoms with Gasteiger partial charge in [0.15, 0.2) is 11.5 Å². The second kappa shape index (κ2) is 5.61. The predicted molar refractivity (Wildman–Crippen MR) is 94.5 cm³/mol. The molecule has 0 N–H and O–H groups in total. The minimum absolute atomic E-state index is 0.243. The van der Waals surface area contributed by atoms with Crippen molar-refractivity contribution in [1.29, 1.82) is 5.26 Å². The summed E-state index contributed by atoms with van der Waals surface area (Å²) < 4.78 is 16.3. The molecule has 0 spiro atoms. The Morgan fingerprint density at radius 2 is 2.12 bits per heavy atom. The van der Waals surface area contributed by atoms with Gasteiger partial charge in [0.2, 0.25) is 5.95 Å². The molecule has 2 saturated heterocycles. The first-order valence-electron chi connectivity index (χ1n) is 8.90. The Morgan fingerprint density at radius 3 is 2.96 bits per heavy atom. The molecule has 2 fully saturated rings. The Bertz CT molecular complexity index is 1070. The number of rotatable bonds is 1. The summed E-state index contributed by atoms with van der Waals surface area (Å²) in [6.45, 7) is 5.65. The van der Waals surface area contributed by atoms with Crippen molar-refractivity contribution in [3.63, 3.8) is 0 Å². The first kappa shape index (κ1) is 15.5. The van der Waals surface area contributed by atoms with E-state index < -0.39 is 5.82 Å². The van der Waals surface area contributed by atoms with Crippen LogP contribution in [0.15, 0.2) is 12.1 Å². The number of hydrogen-bond acceptors (Lipinski definition) is 6. The van der Waals surface area contributed by atoms with Crippen molar-refractivity contribution in [2.24, 2.45) is 0 Å². The number of aryl methyl sites for hydroxylation is 1. The van der Waals surface area contributed by atoms with Gasteiger partial charge >= 0.3 is 0 Å². The number of aromatic nitrogens is 4. The van der Waals surface area contributed by atoms with Gasteiger partial charge in [-0.25, -0.2) is 14.4 Å². The highest BCUT2D eigenvalue weighted by molar-refractivity contribution is 5.93. The molecule has 4 heterocycles. The molecule has 0 bridgehead atoms. The quantitative estimate of drug-likeness (QED) is 0.666. The van der Waals surface area contributed by atoms with Gasteiger partial charge in [-0.15, -0.1) is 5.10 Å². The van der Waals surface area contributed by atoms with Crippen molar-refractivity contribution in [1.82, 2.24) is 24.5 Å². The molecule has 0 aliphatic carbocycles. The number of fused-ring (bicyclic) bond motifs is 4. The smallest absolute Gasteiger partial charge is 0.229 e. The fourth-order valence-electron chi connectivity index (χ4n) is 4.20. The molecule has 3 aromatic rings. The van der Waals surface area contributed by atoms with Crippen molar-refractivity contribution in [3.8, 4) is 6.07 Å². The highest BCUT2D eigenvalue weighted by atomic mass is 19.1. The Hall–Kier alpha value is -2.79. The average molecular weight is 351 g/mol. The van der Waals surface area contributed by atoms with Gasteiger partial charge in [0.05, 0.1) is 11.6 Å². The Balaban J connectivity index is 1.72. The number of halogens is 1. The summed E-state index contributed by atoms with van der Waals surface area (Å²) in [7, 11) is 0. The van der Waals surface area contributed by atoms with Crippen molar-refractivity contribution in [2.75, 3.05) is 31.1 Å². The van der Waals surface area contributed by atoms with E-state index in [-0.39, 0.29) is 11.1 Å². The maximum absolute atomic E-state index is 14.6. The van der Waals surface area contributed by atoms with Crippen LogP contribution in [0.5, 0.6) is 0 Å².